The molecule has 0 atom stereocenters. The maximum atomic E-state index is 11.4. The molecule has 0 spiro atoms. The van der Waals surface area contributed by atoms with E-state index in [1.807, 2.05) is 0 Å². The number of halogens is 1. The van der Waals surface area contributed by atoms with Crippen molar-refractivity contribution < 1.29 is 14.5 Å². The van der Waals surface area contributed by atoms with Gasteiger partial charge in [0.2, 0.25) is 0 Å². The Morgan fingerprint density at radius 2 is 2.14 bits per heavy atom. The largest absolute Gasteiger partial charge is 0.444 e. The minimum Gasteiger partial charge on any atom is -0.444 e. The van der Waals surface area contributed by atoms with Gasteiger partial charge in [-0.1, -0.05) is 23.4 Å². The van der Waals surface area contributed by atoms with Crippen LogP contribution in [0.4, 0.5) is 16.2 Å². The van der Waals surface area contributed by atoms with Crippen LogP contribution in [0.2, 0.25) is 5.02 Å². The Balaban J connectivity index is 2.77. The van der Waals surface area contributed by atoms with E-state index in [9.17, 15) is 14.9 Å². The molecule has 7 nitrogen and oxygen atoms in total. The molecular formula is C14H16ClN3O4. The highest BCUT2D eigenvalue weighted by Gasteiger charge is 2.16. The van der Waals surface area contributed by atoms with Gasteiger partial charge in [0.15, 0.2) is 0 Å². The maximum Gasteiger partial charge on any atom is 0.408 e. The van der Waals surface area contributed by atoms with Crippen LogP contribution in [0.1, 0.15) is 26.3 Å². The van der Waals surface area contributed by atoms with Gasteiger partial charge in [0, 0.05) is 11.1 Å². The number of carbonyl (C=O) groups excluding carboxylic acids is 1. The third-order valence-electron chi connectivity index (χ3n) is 2.26. The summed E-state index contributed by atoms with van der Waals surface area (Å²) in [7, 11) is 0. The average molecular weight is 326 g/mol. The predicted octanol–water partition coefficient (Wildman–Crippen LogP) is 2.71. The third-order valence-corrected chi connectivity index (χ3v) is 2.48. The summed E-state index contributed by atoms with van der Waals surface area (Å²) < 4.78 is 5.03. The Morgan fingerprint density at radius 3 is 2.68 bits per heavy atom. The quantitative estimate of drug-likeness (QED) is 0.376. The van der Waals surface area contributed by atoms with Crippen LogP contribution >= 0.6 is 11.6 Å². The van der Waals surface area contributed by atoms with Gasteiger partial charge in [-0.15, -0.1) is 0 Å². The van der Waals surface area contributed by atoms with E-state index < -0.39 is 16.6 Å². The first kappa shape index (κ1) is 17.6. The fraction of sp³-hybridized carbons (Fsp3) is 0.357. The zero-order valence-electron chi connectivity index (χ0n) is 12.4. The summed E-state index contributed by atoms with van der Waals surface area (Å²) in [5.41, 5.74) is 4.91. The summed E-state index contributed by atoms with van der Waals surface area (Å²) in [5.74, 6) is 5.26. The number of amides is 1. The molecule has 0 aliphatic heterocycles. The van der Waals surface area contributed by atoms with E-state index in [4.69, 9.17) is 22.1 Å². The fourth-order valence-electron chi connectivity index (χ4n) is 1.43. The van der Waals surface area contributed by atoms with E-state index in [1.165, 1.54) is 6.07 Å². The number of benzene rings is 1. The highest BCUT2D eigenvalue weighted by atomic mass is 35.5. The van der Waals surface area contributed by atoms with Crippen molar-refractivity contribution in [1.82, 2.24) is 5.32 Å². The molecule has 0 saturated heterocycles. The Morgan fingerprint density at radius 1 is 1.50 bits per heavy atom. The smallest absolute Gasteiger partial charge is 0.408 e. The van der Waals surface area contributed by atoms with Crippen LogP contribution in [0.15, 0.2) is 12.1 Å². The first-order valence-electron chi connectivity index (χ1n) is 6.29. The van der Waals surface area contributed by atoms with E-state index in [0.717, 1.165) is 6.07 Å². The number of nitrogen functional groups attached to an aromatic ring is 1. The lowest BCUT2D eigenvalue weighted by Crippen LogP contribution is -2.32. The molecule has 3 N–H and O–H groups in total. The lowest BCUT2D eigenvalue weighted by molar-refractivity contribution is -0.383. The maximum absolute atomic E-state index is 11.4. The summed E-state index contributed by atoms with van der Waals surface area (Å²) in [6.45, 7) is 5.23. The van der Waals surface area contributed by atoms with Crippen molar-refractivity contribution in [2.45, 2.75) is 26.4 Å². The van der Waals surface area contributed by atoms with E-state index in [2.05, 4.69) is 17.2 Å². The molecule has 0 unspecified atom stereocenters. The Bertz CT molecular complexity index is 657. The molecule has 1 aromatic carbocycles. The second-order valence-electron chi connectivity index (χ2n) is 5.30. The van der Waals surface area contributed by atoms with Crippen LogP contribution < -0.4 is 11.1 Å². The monoisotopic (exact) mass is 325 g/mol. The van der Waals surface area contributed by atoms with Gasteiger partial charge in [0.1, 0.15) is 11.3 Å². The summed E-state index contributed by atoms with van der Waals surface area (Å²) in [5, 5.41) is 13.4. The number of carbonyl (C=O) groups is 1. The zero-order valence-corrected chi connectivity index (χ0v) is 13.2. The number of anilines is 1. The molecule has 8 heteroatoms. The minimum absolute atomic E-state index is 0.00860. The van der Waals surface area contributed by atoms with Gasteiger partial charge in [-0.25, -0.2) is 4.79 Å². The van der Waals surface area contributed by atoms with Crippen molar-refractivity contribution in [3.8, 4) is 11.8 Å². The summed E-state index contributed by atoms with van der Waals surface area (Å²) >= 11 is 5.78. The van der Waals surface area contributed by atoms with Crippen LogP contribution in [0.3, 0.4) is 0 Å². The standard InChI is InChI=1S/C14H16ClN3O4/c1-14(2,3)22-13(19)17-6-4-5-9-7-10(15)8-11(12(9)16)18(20)21/h7-8H,6,16H2,1-3H3,(H,17,19). The molecule has 1 aromatic rings. The van der Waals surface area contributed by atoms with Crippen LogP contribution in [0.25, 0.3) is 0 Å². The molecule has 0 heterocycles. The highest BCUT2D eigenvalue weighted by Crippen LogP contribution is 2.28. The molecule has 0 saturated carbocycles. The summed E-state index contributed by atoms with van der Waals surface area (Å²) in [6.07, 6.45) is -0.605. The first-order valence-corrected chi connectivity index (χ1v) is 6.67. The topological polar surface area (TPSA) is 107 Å². The van der Waals surface area contributed by atoms with Crippen molar-refractivity contribution in [3.63, 3.8) is 0 Å². The van der Waals surface area contributed by atoms with Crippen molar-refractivity contribution in [2.24, 2.45) is 0 Å². The number of rotatable bonds is 2. The van der Waals surface area contributed by atoms with Crippen LogP contribution in [0.5, 0.6) is 0 Å². The van der Waals surface area contributed by atoms with Crippen molar-refractivity contribution in [2.75, 3.05) is 12.3 Å². The highest BCUT2D eigenvalue weighted by molar-refractivity contribution is 6.31. The molecule has 0 fully saturated rings. The van der Waals surface area contributed by atoms with E-state index in [-0.39, 0.29) is 28.5 Å². The number of nitrogens with zero attached hydrogens (tertiary/aromatic N) is 1. The van der Waals surface area contributed by atoms with Crippen LogP contribution in [-0.4, -0.2) is 23.2 Å². The number of nitro benzene ring substituents is 1. The normalized spacial score (nSPS) is 10.4. The molecule has 22 heavy (non-hydrogen) atoms. The van der Waals surface area contributed by atoms with Gasteiger partial charge in [-0.3, -0.25) is 10.1 Å². The molecule has 0 aliphatic carbocycles. The Hall–Kier alpha value is -2.46. The number of hydrogen-bond acceptors (Lipinski definition) is 5. The second-order valence-corrected chi connectivity index (χ2v) is 5.74. The average Bonchev–Trinajstić information content (AvgIpc) is 2.35. The number of nitrogens with two attached hydrogens (primary N) is 1. The van der Waals surface area contributed by atoms with Crippen molar-refractivity contribution in [3.05, 3.63) is 32.8 Å². The van der Waals surface area contributed by atoms with Crippen molar-refractivity contribution in [1.29, 1.82) is 0 Å². The first-order chi connectivity index (χ1) is 10.1. The van der Waals surface area contributed by atoms with Crippen LogP contribution in [0, 0.1) is 22.0 Å². The number of alkyl carbamates (subject to hydrolysis) is 1. The van der Waals surface area contributed by atoms with Crippen molar-refractivity contribution >= 4 is 29.1 Å². The van der Waals surface area contributed by atoms with E-state index >= 15 is 0 Å². The molecule has 0 radical (unpaired) electrons. The second kappa shape index (κ2) is 7.00. The lowest BCUT2D eigenvalue weighted by atomic mass is 10.1. The molecule has 0 aliphatic rings. The Labute approximate surface area is 132 Å². The molecule has 118 valence electrons. The van der Waals surface area contributed by atoms with Gasteiger partial charge in [0.25, 0.3) is 5.69 Å². The molecular weight excluding hydrogens is 310 g/mol. The fourth-order valence-corrected chi connectivity index (χ4v) is 1.64. The zero-order chi connectivity index (χ0) is 16.9. The number of ether oxygens (including phenoxy) is 1. The van der Waals surface area contributed by atoms with Gasteiger partial charge in [-0.05, 0) is 26.8 Å². The summed E-state index contributed by atoms with van der Waals surface area (Å²) in [4.78, 5) is 21.6. The molecule has 1 rings (SSSR count). The number of nitro groups is 1. The molecule has 0 bridgehead atoms. The lowest BCUT2D eigenvalue weighted by Gasteiger charge is -2.19. The number of nitrogens with one attached hydrogen (secondary N) is 1. The number of hydrogen-bond donors (Lipinski definition) is 2. The van der Waals surface area contributed by atoms with Gasteiger partial charge >= 0.3 is 6.09 Å². The Kier molecular flexibility index (Phi) is 5.60. The predicted molar refractivity (Wildman–Crippen MR) is 83.6 cm³/mol. The molecule has 1 amide bonds. The SMILES string of the molecule is CC(C)(C)OC(=O)NCC#Cc1cc(Cl)cc([N+](=O)[O-])c1N. The summed E-state index contributed by atoms with van der Waals surface area (Å²) in [6, 6.07) is 2.57. The minimum atomic E-state index is -0.634. The van der Waals surface area contributed by atoms with Gasteiger partial charge < -0.3 is 15.8 Å². The van der Waals surface area contributed by atoms with Gasteiger partial charge in [0.05, 0.1) is 17.0 Å². The third kappa shape index (κ3) is 5.50. The van der Waals surface area contributed by atoms with E-state index in [1.54, 1.807) is 20.8 Å². The molecule has 0 aromatic heterocycles. The van der Waals surface area contributed by atoms with E-state index in [0.29, 0.717) is 0 Å². The van der Waals surface area contributed by atoms with Crippen LogP contribution in [-0.2, 0) is 4.74 Å². The van der Waals surface area contributed by atoms with Gasteiger partial charge in [-0.2, -0.15) is 0 Å².